The number of rotatable bonds is 6. The van der Waals surface area contributed by atoms with E-state index in [-0.39, 0.29) is 0 Å². The van der Waals surface area contributed by atoms with Gasteiger partial charge in [-0.05, 0) is 39.2 Å². The van der Waals surface area contributed by atoms with E-state index in [4.69, 9.17) is 4.74 Å². The first-order valence-corrected chi connectivity index (χ1v) is 7.17. The van der Waals surface area contributed by atoms with E-state index in [9.17, 15) is 9.90 Å². The molecule has 0 spiro atoms. The number of aliphatic hydroxyl groups excluding tert-OH is 1. The fourth-order valence-corrected chi connectivity index (χ4v) is 1.95. The number of hydrogen-bond acceptors (Lipinski definition) is 3. The summed E-state index contributed by atoms with van der Waals surface area (Å²) in [7, 11) is 0. The summed E-state index contributed by atoms with van der Waals surface area (Å²) in [5, 5.41) is 13.1. The van der Waals surface area contributed by atoms with Crippen molar-refractivity contribution in [1.29, 1.82) is 0 Å². The second-order valence-corrected chi connectivity index (χ2v) is 5.97. The zero-order valence-corrected chi connectivity index (χ0v) is 13.0. The molecule has 0 aliphatic heterocycles. The predicted octanol–water partition coefficient (Wildman–Crippen LogP) is 3.58. The van der Waals surface area contributed by atoms with Gasteiger partial charge in [0.2, 0.25) is 0 Å². The Hall–Kier alpha value is -1.81. The van der Waals surface area contributed by atoms with Crippen molar-refractivity contribution in [2.24, 2.45) is 0 Å². The topological polar surface area (TPSA) is 58.6 Å². The molecule has 2 unspecified atom stereocenters. The first-order valence-electron chi connectivity index (χ1n) is 7.17. The molecule has 0 aliphatic rings. The number of nitrogens with one attached hydrogen (secondary N) is 1. The van der Waals surface area contributed by atoms with E-state index in [0.717, 1.165) is 5.56 Å². The van der Waals surface area contributed by atoms with Gasteiger partial charge in [-0.1, -0.05) is 36.4 Å². The van der Waals surface area contributed by atoms with Crippen LogP contribution >= 0.6 is 0 Å². The minimum absolute atomic E-state index is 0.499. The van der Waals surface area contributed by atoms with Gasteiger partial charge in [0.15, 0.2) is 0 Å². The van der Waals surface area contributed by atoms with Gasteiger partial charge in [-0.2, -0.15) is 0 Å². The summed E-state index contributed by atoms with van der Waals surface area (Å²) in [6.07, 6.45) is 1.73. The van der Waals surface area contributed by atoms with Crippen LogP contribution in [0.5, 0.6) is 0 Å². The highest BCUT2D eigenvalue weighted by Crippen LogP contribution is 2.21. The molecule has 116 valence electrons. The molecule has 0 aliphatic carbocycles. The molecular weight excluding hydrogens is 266 g/mol. The van der Waals surface area contributed by atoms with Gasteiger partial charge in [-0.15, -0.1) is 6.58 Å². The van der Waals surface area contributed by atoms with Crippen LogP contribution in [0, 0.1) is 0 Å². The van der Waals surface area contributed by atoms with E-state index in [2.05, 4.69) is 11.9 Å². The van der Waals surface area contributed by atoms with Crippen molar-refractivity contribution in [1.82, 2.24) is 5.32 Å². The molecule has 21 heavy (non-hydrogen) atoms. The molecule has 4 heteroatoms. The number of amides is 1. The van der Waals surface area contributed by atoms with Crippen LogP contribution in [-0.2, 0) is 4.74 Å². The van der Waals surface area contributed by atoms with Gasteiger partial charge in [0.05, 0.1) is 12.1 Å². The molecule has 0 saturated carbocycles. The summed E-state index contributed by atoms with van der Waals surface area (Å²) in [4.78, 5) is 12.0. The summed E-state index contributed by atoms with van der Waals surface area (Å²) >= 11 is 0. The van der Waals surface area contributed by atoms with Crippen LogP contribution in [0.15, 0.2) is 43.0 Å². The van der Waals surface area contributed by atoms with Crippen LogP contribution < -0.4 is 5.32 Å². The standard InChI is InChI=1S/C17H25NO3/c1-5-6-12-14(19)15(13-10-8-7-9-11-13)18-16(20)21-17(2,3)4/h5,7-11,14-15,19H,1,6,12H2,2-4H3,(H,18,20). The molecule has 0 aromatic heterocycles. The van der Waals surface area contributed by atoms with Crippen molar-refractivity contribution in [2.75, 3.05) is 0 Å². The zero-order chi connectivity index (χ0) is 15.9. The van der Waals surface area contributed by atoms with Crippen molar-refractivity contribution in [2.45, 2.75) is 51.4 Å². The number of carbonyl (C=O) groups excluding carboxylic acids is 1. The van der Waals surface area contributed by atoms with E-state index in [0.29, 0.717) is 12.8 Å². The monoisotopic (exact) mass is 291 g/mol. The number of benzene rings is 1. The Bertz CT molecular complexity index is 451. The van der Waals surface area contributed by atoms with E-state index in [1.807, 2.05) is 30.3 Å². The summed E-state index contributed by atoms with van der Waals surface area (Å²) in [5.41, 5.74) is 0.275. The minimum Gasteiger partial charge on any atom is -0.444 e. The third kappa shape index (κ3) is 6.45. The van der Waals surface area contributed by atoms with Crippen molar-refractivity contribution < 1.29 is 14.6 Å². The van der Waals surface area contributed by atoms with E-state index < -0.39 is 23.8 Å². The molecule has 0 radical (unpaired) electrons. The zero-order valence-electron chi connectivity index (χ0n) is 13.0. The number of allylic oxidation sites excluding steroid dienone is 1. The molecule has 4 nitrogen and oxygen atoms in total. The molecule has 0 fully saturated rings. The van der Waals surface area contributed by atoms with Gasteiger partial charge in [0.1, 0.15) is 5.60 Å². The van der Waals surface area contributed by atoms with Crippen LogP contribution in [0.25, 0.3) is 0 Å². The van der Waals surface area contributed by atoms with Crippen molar-refractivity contribution >= 4 is 6.09 Å². The average molecular weight is 291 g/mol. The number of ether oxygens (including phenoxy) is 1. The van der Waals surface area contributed by atoms with Gasteiger partial charge in [0, 0.05) is 0 Å². The molecule has 2 atom stereocenters. The molecule has 2 N–H and O–H groups in total. The molecule has 0 saturated heterocycles. The highest BCUT2D eigenvalue weighted by molar-refractivity contribution is 5.68. The van der Waals surface area contributed by atoms with Crippen LogP contribution in [0.4, 0.5) is 4.79 Å². The van der Waals surface area contributed by atoms with Crippen LogP contribution in [-0.4, -0.2) is 22.9 Å². The van der Waals surface area contributed by atoms with E-state index >= 15 is 0 Å². The molecule has 1 aromatic rings. The molecule has 0 bridgehead atoms. The Morgan fingerprint density at radius 2 is 2.00 bits per heavy atom. The number of aliphatic hydroxyl groups is 1. The summed E-state index contributed by atoms with van der Waals surface area (Å²) in [6.45, 7) is 9.06. The lowest BCUT2D eigenvalue weighted by Crippen LogP contribution is -2.39. The Morgan fingerprint density at radius 3 is 2.52 bits per heavy atom. The van der Waals surface area contributed by atoms with Gasteiger partial charge in [0.25, 0.3) is 0 Å². The van der Waals surface area contributed by atoms with Gasteiger partial charge in [-0.3, -0.25) is 0 Å². The van der Waals surface area contributed by atoms with Crippen LogP contribution in [0.3, 0.4) is 0 Å². The lowest BCUT2D eigenvalue weighted by Gasteiger charge is -2.27. The van der Waals surface area contributed by atoms with Crippen LogP contribution in [0.2, 0.25) is 0 Å². The molecular formula is C17H25NO3. The highest BCUT2D eigenvalue weighted by Gasteiger charge is 2.25. The quantitative estimate of drug-likeness (QED) is 0.788. The fraction of sp³-hybridized carbons (Fsp3) is 0.471. The summed E-state index contributed by atoms with van der Waals surface area (Å²) < 4.78 is 5.26. The summed E-state index contributed by atoms with van der Waals surface area (Å²) in [6, 6.07) is 8.89. The second-order valence-electron chi connectivity index (χ2n) is 5.97. The molecule has 0 heterocycles. The maximum absolute atomic E-state index is 12.0. The normalized spacial score (nSPS) is 14.1. The maximum atomic E-state index is 12.0. The Morgan fingerprint density at radius 1 is 1.38 bits per heavy atom. The Kier molecular flexibility index (Phi) is 6.43. The van der Waals surface area contributed by atoms with Crippen LogP contribution in [0.1, 0.15) is 45.2 Å². The van der Waals surface area contributed by atoms with E-state index in [1.54, 1.807) is 26.8 Å². The molecule has 1 aromatic carbocycles. The van der Waals surface area contributed by atoms with Gasteiger partial charge < -0.3 is 15.2 Å². The third-order valence-corrected chi connectivity index (χ3v) is 2.88. The average Bonchev–Trinajstić information content (AvgIpc) is 2.41. The Labute approximate surface area is 126 Å². The number of carbonyl (C=O) groups is 1. The van der Waals surface area contributed by atoms with Gasteiger partial charge >= 0.3 is 6.09 Å². The first kappa shape index (κ1) is 17.2. The highest BCUT2D eigenvalue weighted by atomic mass is 16.6. The lowest BCUT2D eigenvalue weighted by molar-refractivity contribution is 0.0412. The SMILES string of the molecule is C=CCCC(O)C(NC(=O)OC(C)(C)C)c1ccccc1. The van der Waals surface area contributed by atoms with Crippen molar-refractivity contribution in [3.63, 3.8) is 0 Å². The summed E-state index contributed by atoms with van der Waals surface area (Å²) in [5.74, 6) is 0. The van der Waals surface area contributed by atoms with E-state index in [1.165, 1.54) is 0 Å². The third-order valence-electron chi connectivity index (χ3n) is 2.88. The largest absolute Gasteiger partial charge is 0.444 e. The molecule has 1 amide bonds. The first-order chi connectivity index (χ1) is 9.83. The number of alkyl carbamates (subject to hydrolysis) is 1. The smallest absolute Gasteiger partial charge is 0.408 e. The minimum atomic E-state index is -0.696. The number of hydrogen-bond donors (Lipinski definition) is 2. The fourth-order valence-electron chi connectivity index (χ4n) is 1.95. The molecule has 1 rings (SSSR count). The predicted molar refractivity (Wildman–Crippen MR) is 84.0 cm³/mol. The van der Waals surface area contributed by atoms with Gasteiger partial charge in [-0.25, -0.2) is 4.79 Å². The Balaban J connectivity index is 2.82. The second kappa shape index (κ2) is 7.84. The maximum Gasteiger partial charge on any atom is 0.408 e. The lowest BCUT2D eigenvalue weighted by atomic mass is 9.98. The van der Waals surface area contributed by atoms with Crippen molar-refractivity contribution in [3.05, 3.63) is 48.6 Å². The van der Waals surface area contributed by atoms with Crippen molar-refractivity contribution in [3.8, 4) is 0 Å².